The highest BCUT2D eigenvalue weighted by molar-refractivity contribution is 6.26. The topological polar surface area (TPSA) is 116 Å². The van der Waals surface area contributed by atoms with Gasteiger partial charge in [0, 0.05) is 18.7 Å². The van der Waals surface area contributed by atoms with Gasteiger partial charge in [-0.2, -0.15) is 13.2 Å². The Kier molecular flexibility index (Phi) is 7.34. The Balaban J connectivity index is 3.71. The summed E-state index contributed by atoms with van der Waals surface area (Å²) in [7, 11) is 0. The fraction of sp³-hybridized carbons (Fsp3) is 0.500. The summed E-state index contributed by atoms with van der Waals surface area (Å²) in [5, 5.41) is 22.7. The second-order valence-electron chi connectivity index (χ2n) is 5.29. The molecule has 1 atom stereocenters. The minimum Gasteiger partial charge on any atom is -0.441 e. The molecule has 150 valence electrons. The molecule has 0 aliphatic carbocycles. The van der Waals surface area contributed by atoms with E-state index in [-0.39, 0.29) is 18.7 Å². The van der Waals surface area contributed by atoms with E-state index in [0.29, 0.717) is 6.42 Å². The molecule has 0 amide bonds. The van der Waals surface area contributed by atoms with Gasteiger partial charge in [-0.25, -0.2) is 0 Å². The van der Waals surface area contributed by atoms with Gasteiger partial charge in [-0.05, 0) is 13.3 Å². The van der Waals surface area contributed by atoms with Crippen molar-refractivity contribution in [3.63, 3.8) is 0 Å². The van der Waals surface area contributed by atoms with Gasteiger partial charge in [0.25, 0.3) is 11.4 Å². The number of anilines is 1. The lowest BCUT2D eigenvalue weighted by molar-refractivity contribution is -0.393. The maximum absolute atomic E-state index is 13.0. The maximum atomic E-state index is 13.0. The number of nitrogens with zero attached hydrogens (tertiary/aromatic N) is 3. The Morgan fingerprint density at radius 2 is 1.74 bits per heavy atom. The van der Waals surface area contributed by atoms with E-state index in [1.807, 2.05) is 0 Å². The Morgan fingerprint density at radius 1 is 1.26 bits per heavy atom. The summed E-state index contributed by atoms with van der Waals surface area (Å²) in [6, 6.07) is 0.419. The predicted octanol–water partition coefficient (Wildman–Crippen LogP) is 3.87. The molecular weight excluding hydrogens is 399 g/mol. The molecular formula is C14H15ClF3N3O6. The number of hydrogen-bond donors (Lipinski definition) is 0. The standard InChI is InChI=1S/C14H15ClF3N3O6/c1-3-4-19(8(2)27-12(22)7-15)13-10(20(23)24)5-9(14(16,17)18)6-11(13)21(25)26/h5-6,8H,3-4,7H2,1-2H3. The van der Waals surface area contributed by atoms with Gasteiger partial charge in [0.15, 0.2) is 11.9 Å². The molecule has 0 spiro atoms. The van der Waals surface area contributed by atoms with Crippen LogP contribution in [0.3, 0.4) is 0 Å². The maximum Gasteiger partial charge on any atom is 0.416 e. The fourth-order valence-corrected chi connectivity index (χ4v) is 2.41. The number of rotatable bonds is 8. The van der Waals surface area contributed by atoms with E-state index in [0.717, 1.165) is 4.90 Å². The molecule has 0 fully saturated rings. The summed E-state index contributed by atoms with van der Waals surface area (Å²) < 4.78 is 43.9. The first-order valence-corrected chi connectivity index (χ1v) is 8.03. The first-order chi connectivity index (χ1) is 12.4. The molecule has 0 N–H and O–H groups in total. The Hall–Kier alpha value is -2.63. The summed E-state index contributed by atoms with van der Waals surface area (Å²) in [5.41, 5.74) is -4.47. The quantitative estimate of drug-likeness (QED) is 0.209. The van der Waals surface area contributed by atoms with Crippen LogP contribution in [0.4, 0.5) is 30.2 Å². The SMILES string of the molecule is CCCN(c1c([N+](=O)[O-])cc(C(F)(F)F)cc1[N+](=O)[O-])C(C)OC(=O)CCl. The number of carbonyl (C=O) groups is 1. The third-order valence-corrected chi connectivity index (χ3v) is 3.61. The average Bonchev–Trinajstić information content (AvgIpc) is 2.57. The van der Waals surface area contributed by atoms with Crippen LogP contribution < -0.4 is 4.90 Å². The van der Waals surface area contributed by atoms with Crippen molar-refractivity contribution in [2.24, 2.45) is 0 Å². The minimum absolute atomic E-state index is 0.0657. The fourth-order valence-electron chi connectivity index (χ4n) is 2.34. The molecule has 9 nitrogen and oxygen atoms in total. The van der Waals surface area contributed by atoms with Gasteiger partial charge in [-0.1, -0.05) is 6.92 Å². The summed E-state index contributed by atoms with van der Waals surface area (Å²) in [5.74, 6) is -1.44. The second kappa shape index (κ2) is 8.84. The molecule has 27 heavy (non-hydrogen) atoms. The number of alkyl halides is 4. The van der Waals surface area contributed by atoms with Crippen LogP contribution in [0.5, 0.6) is 0 Å². The van der Waals surface area contributed by atoms with E-state index in [9.17, 15) is 38.2 Å². The van der Waals surface area contributed by atoms with Crippen LogP contribution in [-0.2, 0) is 15.7 Å². The molecule has 0 saturated heterocycles. The number of esters is 1. The largest absolute Gasteiger partial charge is 0.441 e. The molecule has 0 radical (unpaired) electrons. The van der Waals surface area contributed by atoms with Gasteiger partial charge >= 0.3 is 12.1 Å². The molecule has 0 aromatic heterocycles. The highest BCUT2D eigenvalue weighted by atomic mass is 35.5. The number of hydrogen-bond acceptors (Lipinski definition) is 7. The van der Waals surface area contributed by atoms with Crippen LogP contribution in [0.15, 0.2) is 12.1 Å². The van der Waals surface area contributed by atoms with Gasteiger partial charge in [0.1, 0.15) is 5.88 Å². The van der Waals surface area contributed by atoms with E-state index in [4.69, 9.17) is 16.3 Å². The zero-order valence-corrected chi connectivity index (χ0v) is 14.9. The smallest absolute Gasteiger partial charge is 0.416 e. The molecule has 0 heterocycles. The highest BCUT2D eigenvalue weighted by Gasteiger charge is 2.40. The van der Waals surface area contributed by atoms with E-state index < -0.39 is 56.7 Å². The Labute approximate surface area is 155 Å². The Bertz CT molecular complexity index is 708. The van der Waals surface area contributed by atoms with Gasteiger partial charge in [-0.15, -0.1) is 11.6 Å². The van der Waals surface area contributed by atoms with Crippen LogP contribution in [0.1, 0.15) is 25.8 Å². The van der Waals surface area contributed by atoms with E-state index in [1.165, 1.54) is 6.92 Å². The van der Waals surface area contributed by atoms with Crippen molar-refractivity contribution >= 4 is 34.6 Å². The molecule has 1 rings (SSSR count). The van der Waals surface area contributed by atoms with Crippen LogP contribution in [-0.4, -0.2) is 34.5 Å². The van der Waals surface area contributed by atoms with Crippen LogP contribution in [0.25, 0.3) is 0 Å². The Morgan fingerprint density at radius 3 is 2.07 bits per heavy atom. The predicted molar refractivity (Wildman–Crippen MR) is 88.7 cm³/mol. The molecule has 0 aliphatic heterocycles. The number of nitro benzene ring substituents is 2. The van der Waals surface area contributed by atoms with Crippen molar-refractivity contribution in [2.75, 3.05) is 17.3 Å². The molecule has 13 heteroatoms. The number of carbonyl (C=O) groups excluding carboxylic acids is 1. The lowest BCUT2D eigenvalue weighted by Crippen LogP contribution is -2.38. The summed E-state index contributed by atoms with van der Waals surface area (Å²) in [4.78, 5) is 32.8. The molecule has 1 aromatic carbocycles. The second-order valence-corrected chi connectivity index (χ2v) is 5.56. The van der Waals surface area contributed by atoms with Gasteiger partial charge in [0.05, 0.1) is 15.4 Å². The van der Waals surface area contributed by atoms with E-state index >= 15 is 0 Å². The van der Waals surface area contributed by atoms with Gasteiger partial charge < -0.3 is 9.64 Å². The zero-order valence-electron chi connectivity index (χ0n) is 14.2. The number of halogens is 4. The van der Waals surface area contributed by atoms with Crippen molar-refractivity contribution in [3.05, 3.63) is 37.9 Å². The summed E-state index contributed by atoms with van der Waals surface area (Å²) in [6.45, 7) is 2.83. The first kappa shape index (κ1) is 22.4. The summed E-state index contributed by atoms with van der Waals surface area (Å²) >= 11 is 5.32. The minimum atomic E-state index is -5.03. The van der Waals surface area contributed by atoms with E-state index in [1.54, 1.807) is 6.92 Å². The summed E-state index contributed by atoms with van der Waals surface area (Å²) in [6.07, 6.45) is -5.97. The van der Waals surface area contributed by atoms with E-state index in [2.05, 4.69) is 0 Å². The van der Waals surface area contributed by atoms with Crippen molar-refractivity contribution in [3.8, 4) is 0 Å². The number of ether oxygens (including phenoxy) is 1. The van der Waals surface area contributed by atoms with Crippen molar-refractivity contribution < 1.29 is 32.5 Å². The third kappa shape index (κ3) is 5.42. The van der Waals surface area contributed by atoms with Gasteiger partial charge in [0.2, 0.25) is 0 Å². The number of nitro groups is 2. The molecule has 0 bridgehead atoms. The van der Waals surface area contributed by atoms with Crippen molar-refractivity contribution in [1.29, 1.82) is 0 Å². The normalized spacial score (nSPS) is 12.4. The molecule has 0 aliphatic rings. The lowest BCUT2D eigenvalue weighted by atomic mass is 10.1. The molecule has 0 saturated carbocycles. The average molecular weight is 414 g/mol. The zero-order chi connectivity index (χ0) is 20.9. The van der Waals surface area contributed by atoms with Crippen LogP contribution in [0, 0.1) is 20.2 Å². The first-order valence-electron chi connectivity index (χ1n) is 7.50. The van der Waals surface area contributed by atoms with Crippen molar-refractivity contribution in [1.82, 2.24) is 0 Å². The third-order valence-electron chi connectivity index (χ3n) is 3.39. The van der Waals surface area contributed by atoms with Crippen LogP contribution in [0.2, 0.25) is 0 Å². The number of benzene rings is 1. The lowest BCUT2D eigenvalue weighted by Gasteiger charge is -2.29. The molecule has 1 unspecified atom stereocenters. The monoisotopic (exact) mass is 413 g/mol. The van der Waals surface area contributed by atoms with Crippen molar-refractivity contribution in [2.45, 2.75) is 32.7 Å². The van der Waals surface area contributed by atoms with Crippen LogP contribution >= 0.6 is 11.6 Å². The highest BCUT2D eigenvalue weighted by Crippen LogP contribution is 2.43. The van der Waals surface area contributed by atoms with Gasteiger partial charge in [-0.3, -0.25) is 25.0 Å². The molecule has 1 aromatic rings.